The molecule has 2 aromatic rings. The predicted molar refractivity (Wildman–Crippen MR) is 94.4 cm³/mol. The van der Waals surface area contributed by atoms with Crippen LogP contribution in [0.1, 0.15) is 28.4 Å². The van der Waals surface area contributed by atoms with E-state index in [1.807, 2.05) is 6.07 Å². The van der Waals surface area contributed by atoms with Gasteiger partial charge in [0.1, 0.15) is 0 Å². The topological polar surface area (TPSA) is 92.6 Å². The molecule has 0 saturated carbocycles. The SMILES string of the molecule is CC(=O)N(C)Cc1cccc(NC(=O)c2ccc([N+](=O)[O-])cc2C)c1. The molecule has 0 aliphatic carbocycles. The van der Waals surface area contributed by atoms with E-state index in [2.05, 4.69) is 5.32 Å². The molecule has 0 aromatic heterocycles. The molecule has 0 spiro atoms. The Morgan fingerprint density at radius 1 is 1.20 bits per heavy atom. The van der Waals surface area contributed by atoms with Crippen LogP contribution < -0.4 is 5.32 Å². The molecule has 7 nitrogen and oxygen atoms in total. The molecule has 0 heterocycles. The summed E-state index contributed by atoms with van der Waals surface area (Å²) >= 11 is 0. The first kappa shape index (κ1) is 18.1. The van der Waals surface area contributed by atoms with E-state index in [0.717, 1.165) is 5.56 Å². The van der Waals surface area contributed by atoms with Gasteiger partial charge in [-0.15, -0.1) is 0 Å². The average molecular weight is 341 g/mol. The zero-order valence-corrected chi connectivity index (χ0v) is 14.3. The number of amides is 2. The number of hydrogen-bond acceptors (Lipinski definition) is 4. The molecule has 2 rings (SSSR count). The highest BCUT2D eigenvalue weighted by atomic mass is 16.6. The number of nitro benzene ring substituents is 1. The lowest BCUT2D eigenvalue weighted by molar-refractivity contribution is -0.384. The van der Waals surface area contributed by atoms with Gasteiger partial charge in [-0.3, -0.25) is 19.7 Å². The van der Waals surface area contributed by atoms with Crippen LogP contribution in [0.25, 0.3) is 0 Å². The highest BCUT2D eigenvalue weighted by Gasteiger charge is 2.14. The number of nitrogens with one attached hydrogen (secondary N) is 1. The van der Waals surface area contributed by atoms with Crippen LogP contribution in [0.5, 0.6) is 0 Å². The maximum Gasteiger partial charge on any atom is 0.269 e. The van der Waals surface area contributed by atoms with Crippen molar-refractivity contribution >= 4 is 23.2 Å². The fourth-order valence-corrected chi connectivity index (χ4v) is 2.35. The van der Waals surface area contributed by atoms with Gasteiger partial charge >= 0.3 is 0 Å². The van der Waals surface area contributed by atoms with Crippen LogP contribution in [0.4, 0.5) is 11.4 Å². The Balaban J connectivity index is 2.15. The van der Waals surface area contributed by atoms with E-state index < -0.39 is 4.92 Å². The maximum absolute atomic E-state index is 12.4. The van der Waals surface area contributed by atoms with E-state index in [4.69, 9.17) is 0 Å². The molecule has 0 radical (unpaired) electrons. The highest BCUT2D eigenvalue weighted by Crippen LogP contribution is 2.19. The monoisotopic (exact) mass is 341 g/mol. The Morgan fingerprint density at radius 2 is 1.92 bits per heavy atom. The number of carbonyl (C=O) groups is 2. The molecule has 25 heavy (non-hydrogen) atoms. The lowest BCUT2D eigenvalue weighted by Crippen LogP contribution is -2.23. The number of anilines is 1. The van der Waals surface area contributed by atoms with E-state index in [1.165, 1.54) is 25.1 Å². The molecule has 2 amide bonds. The number of benzene rings is 2. The Labute approximate surface area is 145 Å². The van der Waals surface area contributed by atoms with Gasteiger partial charge in [0.2, 0.25) is 5.91 Å². The number of rotatable bonds is 5. The number of carbonyl (C=O) groups excluding carboxylic acids is 2. The third-order valence-electron chi connectivity index (χ3n) is 3.81. The van der Waals surface area contributed by atoms with Gasteiger partial charge in [0.05, 0.1) is 4.92 Å². The summed E-state index contributed by atoms with van der Waals surface area (Å²) in [5.74, 6) is -0.389. The lowest BCUT2D eigenvalue weighted by atomic mass is 10.1. The third-order valence-corrected chi connectivity index (χ3v) is 3.81. The van der Waals surface area contributed by atoms with Gasteiger partial charge in [-0.2, -0.15) is 0 Å². The summed E-state index contributed by atoms with van der Waals surface area (Å²) in [5, 5.41) is 13.6. The van der Waals surface area contributed by atoms with E-state index in [0.29, 0.717) is 23.4 Å². The van der Waals surface area contributed by atoms with Crippen molar-refractivity contribution in [1.29, 1.82) is 0 Å². The Bertz CT molecular complexity index is 833. The van der Waals surface area contributed by atoms with Gasteiger partial charge in [-0.05, 0) is 36.2 Å². The van der Waals surface area contributed by atoms with Gasteiger partial charge < -0.3 is 10.2 Å². The molecule has 0 aliphatic heterocycles. The minimum atomic E-state index is -0.496. The second kappa shape index (κ2) is 7.57. The zero-order chi connectivity index (χ0) is 18.6. The van der Waals surface area contributed by atoms with Gasteiger partial charge in [0, 0.05) is 43.9 Å². The summed E-state index contributed by atoms with van der Waals surface area (Å²) in [6.07, 6.45) is 0. The molecule has 0 saturated heterocycles. The standard InChI is InChI=1S/C18H19N3O4/c1-12-9-16(21(24)25)7-8-17(12)18(23)19-15-6-4-5-14(10-15)11-20(3)13(2)22/h4-10H,11H2,1-3H3,(H,19,23). The fourth-order valence-electron chi connectivity index (χ4n) is 2.35. The molecule has 7 heteroatoms. The molecule has 1 N–H and O–H groups in total. The van der Waals surface area contributed by atoms with Crippen molar-refractivity contribution in [3.05, 3.63) is 69.3 Å². The van der Waals surface area contributed by atoms with Gasteiger partial charge in [-0.1, -0.05) is 12.1 Å². The van der Waals surface area contributed by atoms with Crippen LogP contribution in [0.15, 0.2) is 42.5 Å². The Kier molecular flexibility index (Phi) is 5.49. The molecule has 0 bridgehead atoms. The van der Waals surface area contributed by atoms with Crippen molar-refractivity contribution in [2.75, 3.05) is 12.4 Å². The van der Waals surface area contributed by atoms with Crippen LogP contribution in [0.3, 0.4) is 0 Å². The molecule has 0 aliphatic rings. The van der Waals surface area contributed by atoms with E-state index in [-0.39, 0.29) is 17.5 Å². The van der Waals surface area contributed by atoms with Crippen LogP contribution >= 0.6 is 0 Å². The number of nitrogens with zero attached hydrogens (tertiary/aromatic N) is 2. The number of aryl methyl sites for hydroxylation is 1. The van der Waals surface area contributed by atoms with E-state index in [1.54, 1.807) is 37.1 Å². The Morgan fingerprint density at radius 3 is 2.52 bits per heavy atom. The second-order valence-corrected chi connectivity index (χ2v) is 5.79. The van der Waals surface area contributed by atoms with E-state index >= 15 is 0 Å². The normalized spacial score (nSPS) is 10.2. The number of hydrogen-bond donors (Lipinski definition) is 1. The van der Waals surface area contributed by atoms with Crippen LogP contribution in [-0.2, 0) is 11.3 Å². The largest absolute Gasteiger partial charge is 0.342 e. The predicted octanol–water partition coefficient (Wildman–Crippen LogP) is 3.13. The quantitative estimate of drug-likeness (QED) is 0.668. The first-order valence-corrected chi connectivity index (χ1v) is 7.65. The molecule has 0 fully saturated rings. The molecule has 130 valence electrons. The van der Waals surface area contributed by atoms with Crippen molar-refractivity contribution in [2.45, 2.75) is 20.4 Å². The lowest BCUT2D eigenvalue weighted by Gasteiger charge is -2.15. The number of non-ortho nitro benzene ring substituents is 1. The van der Waals surface area contributed by atoms with Crippen LogP contribution in [-0.4, -0.2) is 28.7 Å². The zero-order valence-electron chi connectivity index (χ0n) is 14.3. The van der Waals surface area contributed by atoms with Crippen molar-refractivity contribution in [2.24, 2.45) is 0 Å². The van der Waals surface area contributed by atoms with Crippen molar-refractivity contribution in [3.8, 4) is 0 Å². The van der Waals surface area contributed by atoms with E-state index in [9.17, 15) is 19.7 Å². The third kappa shape index (κ3) is 4.63. The molecule has 0 unspecified atom stereocenters. The summed E-state index contributed by atoms with van der Waals surface area (Å²) in [6.45, 7) is 3.58. The number of nitro groups is 1. The summed E-state index contributed by atoms with van der Waals surface area (Å²) in [4.78, 5) is 35.6. The first-order chi connectivity index (χ1) is 11.8. The van der Waals surface area contributed by atoms with Crippen molar-refractivity contribution in [1.82, 2.24) is 4.90 Å². The Hall–Kier alpha value is -3.22. The molecular weight excluding hydrogens is 322 g/mol. The molecule has 2 aromatic carbocycles. The summed E-state index contributed by atoms with van der Waals surface area (Å²) in [6, 6.07) is 11.3. The van der Waals surface area contributed by atoms with Gasteiger partial charge in [0.25, 0.3) is 11.6 Å². The summed E-state index contributed by atoms with van der Waals surface area (Å²) in [7, 11) is 1.70. The fraction of sp³-hybridized carbons (Fsp3) is 0.222. The van der Waals surface area contributed by atoms with Crippen molar-refractivity contribution < 1.29 is 14.5 Å². The maximum atomic E-state index is 12.4. The van der Waals surface area contributed by atoms with Crippen LogP contribution in [0, 0.1) is 17.0 Å². The van der Waals surface area contributed by atoms with Crippen molar-refractivity contribution in [3.63, 3.8) is 0 Å². The van der Waals surface area contributed by atoms with Gasteiger partial charge in [0.15, 0.2) is 0 Å². The van der Waals surface area contributed by atoms with Gasteiger partial charge in [-0.25, -0.2) is 0 Å². The molecule has 0 atom stereocenters. The van der Waals surface area contributed by atoms with Crippen LogP contribution in [0.2, 0.25) is 0 Å². The average Bonchev–Trinajstić information content (AvgIpc) is 2.54. The minimum Gasteiger partial charge on any atom is -0.342 e. The minimum absolute atomic E-state index is 0.0454. The first-order valence-electron chi connectivity index (χ1n) is 7.65. The summed E-state index contributed by atoms with van der Waals surface area (Å²) in [5.41, 5.74) is 2.33. The smallest absolute Gasteiger partial charge is 0.269 e. The molecular formula is C18H19N3O4. The highest BCUT2D eigenvalue weighted by molar-refractivity contribution is 6.05. The summed E-state index contributed by atoms with van der Waals surface area (Å²) < 4.78 is 0. The second-order valence-electron chi connectivity index (χ2n) is 5.79.